The zero-order chi connectivity index (χ0) is 13.0. The van der Waals surface area contributed by atoms with Crippen LogP contribution in [-0.2, 0) is 6.42 Å². The van der Waals surface area contributed by atoms with E-state index in [0.717, 1.165) is 24.2 Å². The first-order valence-electron chi connectivity index (χ1n) is 6.47. The molecule has 1 aromatic heterocycles. The summed E-state index contributed by atoms with van der Waals surface area (Å²) in [6.45, 7) is 5.09. The van der Waals surface area contributed by atoms with Gasteiger partial charge in [-0.15, -0.1) is 0 Å². The predicted octanol–water partition coefficient (Wildman–Crippen LogP) is 2.79. The molecule has 1 heterocycles. The molecule has 0 aliphatic carbocycles. The molecule has 0 bridgehead atoms. The van der Waals surface area contributed by atoms with Crippen LogP contribution in [0.4, 0.5) is 0 Å². The number of benzene rings is 1. The molecular weight excluding hydrogens is 222 g/mol. The Morgan fingerprint density at radius 2 is 1.94 bits per heavy atom. The molecule has 0 saturated carbocycles. The van der Waals surface area contributed by atoms with Gasteiger partial charge in [-0.3, -0.25) is 0 Å². The Balaban J connectivity index is 2.16. The van der Waals surface area contributed by atoms with Gasteiger partial charge in [-0.1, -0.05) is 32.0 Å². The van der Waals surface area contributed by atoms with E-state index in [9.17, 15) is 0 Å². The van der Waals surface area contributed by atoms with Gasteiger partial charge in [0.2, 0.25) is 0 Å². The van der Waals surface area contributed by atoms with Gasteiger partial charge in [0.15, 0.2) is 0 Å². The van der Waals surface area contributed by atoms with Gasteiger partial charge in [-0.25, -0.2) is 4.68 Å². The van der Waals surface area contributed by atoms with Crippen molar-refractivity contribution in [2.75, 3.05) is 6.54 Å². The summed E-state index contributed by atoms with van der Waals surface area (Å²) in [5.74, 6) is 0. The van der Waals surface area contributed by atoms with Gasteiger partial charge in [0, 0.05) is 6.20 Å². The van der Waals surface area contributed by atoms with Crippen LogP contribution in [0, 0.1) is 5.41 Å². The Kier molecular flexibility index (Phi) is 3.82. The molecule has 2 aromatic rings. The van der Waals surface area contributed by atoms with Crippen molar-refractivity contribution in [1.82, 2.24) is 9.78 Å². The molecule has 0 amide bonds. The van der Waals surface area contributed by atoms with Crippen LogP contribution in [0.25, 0.3) is 5.69 Å². The second-order valence-electron chi connectivity index (χ2n) is 5.13. The van der Waals surface area contributed by atoms with E-state index < -0.39 is 0 Å². The SMILES string of the molecule is CCC(C)(CN)Cc1ccn(-c2ccccc2)n1. The van der Waals surface area contributed by atoms with E-state index in [0.29, 0.717) is 6.54 Å². The fourth-order valence-corrected chi connectivity index (χ4v) is 1.96. The summed E-state index contributed by atoms with van der Waals surface area (Å²) in [4.78, 5) is 0. The average molecular weight is 243 g/mol. The third-order valence-electron chi connectivity index (χ3n) is 3.62. The van der Waals surface area contributed by atoms with E-state index in [1.54, 1.807) is 0 Å². The molecule has 0 radical (unpaired) electrons. The molecule has 0 fully saturated rings. The average Bonchev–Trinajstić information content (AvgIpc) is 2.88. The molecule has 18 heavy (non-hydrogen) atoms. The predicted molar refractivity (Wildman–Crippen MR) is 74.7 cm³/mol. The molecular formula is C15H21N3. The molecule has 1 unspecified atom stereocenters. The Labute approximate surface area is 109 Å². The third kappa shape index (κ3) is 2.79. The molecule has 3 heteroatoms. The van der Waals surface area contributed by atoms with Crippen LogP contribution in [0.15, 0.2) is 42.6 Å². The van der Waals surface area contributed by atoms with E-state index in [2.05, 4.69) is 37.1 Å². The fraction of sp³-hybridized carbons (Fsp3) is 0.400. The van der Waals surface area contributed by atoms with E-state index >= 15 is 0 Å². The van der Waals surface area contributed by atoms with Gasteiger partial charge < -0.3 is 5.73 Å². The zero-order valence-electron chi connectivity index (χ0n) is 11.1. The van der Waals surface area contributed by atoms with Crippen LogP contribution < -0.4 is 5.73 Å². The van der Waals surface area contributed by atoms with Crippen molar-refractivity contribution >= 4 is 0 Å². The fourth-order valence-electron chi connectivity index (χ4n) is 1.96. The summed E-state index contributed by atoms with van der Waals surface area (Å²) < 4.78 is 1.92. The maximum atomic E-state index is 5.85. The smallest absolute Gasteiger partial charge is 0.0645 e. The Bertz CT molecular complexity index is 483. The summed E-state index contributed by atoms with van der Waals surface area (Å²) in [6, 6.07) is 12.2. The molecule has 3 nitrogen and oxygen atoms in total. The van der Waals surface area contributed by atoms with Crippen molar-refractivity contribution in [3.05, 3.63) is 48.3 Å². The largest absolute Gasteiger partial charge is 0.330 e. The molecule has 96 valence electrons. The normalized spacial score (nSPS) is 14.4. The number of nitrogens with zero attached hydrogens (tertiary/aromatic N) is 2. The summed E-state index contributed by atoms with van der Waals surface area (Å²) in [5.41, 5.74) is 8.19. The lowest BCUT2D eigenvalue weighted by Gasteiger charge is -2.25. The van der Waals surface area contributed by atoms with Gasteiger partial charge in [0.1, 0.15) is 0 Å². The van der Waals surface area contributed by atoms with Gasteiger partial charge >= 0.3 is 0 Å². The monoisotopic (exact) mass is 243 g/mol. The molecule has 1 atom stereocenters. The first kappa shape index (κ1) is 12.8. The highest BCUT2D eigenvalue weighted by atomic mass is 15.3. The topological polar surface area (TPSA) is 43.8 Å². The van der Waals surface area contributed by atoms with E-state index in [-0.39, 0.29) is 5.41 Å². The van der Waals surface area contributed by atoms with Gasteiger partial charge in [-0.2, -0.15) is 5.10 Å². The van der Waals surface area contributed by atoms with Crippen LogP contribution in [0.5, 0.6) is 0 Å². The maximum absolute atomic E-state index is 5.85. The van der Waals surface area contributed by atoms with Gasteiger partial charge in [0.05, 0.1) is 11.4 Å². The van der Waals surface area contributed by atoms with Crippen LogP contribution in [-0.4, -0.2) is 16.3 Å². The summed E-state index contributed by atoms with van der Waals surface area (Å²) in [6.07, 6.45) is 4.01. The zero-order valence-corrected chi connectivity index (χ0v) is 11.1. The second kappa shape index (κ2) is 5.36. The highest BCUT2D eigenvalue weighted by molar-refractivity contribution is 5.30. The van der Waals surface area contributed by atoms with E-state index in [1.165, 1.54) is 0 Å². The van der Waals surface area contributed by atoms with Crippen LogP contribution in [0.2, 0.25) is 0 Å². The van der Waals surface area contributed by atoms with Crippen LogP contribution >= 0.6 is 0 Å². The highest BCUT2D eigenvalue weighted by Gasteiger charge is 2.21. The minimum atomic E-state index is 0.149. The van der Waals surface area contributed by atoms with Crippen LogP contribution in [0.3, 0.4) is 0 Å². The van der Waals surface area contributed by atoms with Crippen molar-refractivity contribution in [3.63, 3.8) is 0 Å². The van der Waals surface area contributed by atoms with Crippen molar-refractivity contribution in [1.29, 1.82) is 0 Å². The van der Waals surface area contributed by atoms with Crippen molar-refractivity contribution in [3.8, 4) is 5.69 Å². The first-order valence-corrected chi connectivity index (χ1v) is 6.47. The molecule has 2 N–H and O–H groups in total. The third-order valence-corrected chi connectivity index (χ3v) is 3.62. The minimum absolute atomic E-state index is 0.149. The Morgan fingerprint density at radius 3 is 2.56 bits per heavy atom. The van der Waals surface area contributed by atoms with E-state index in [4.69, 9.17) is 5.73 Å². The van der Waals surface area contributed by atoms with E-state index in [1.807, 2.05) is 29.1 Å². The minimum Gasteiger partial charge on any atom is -0.330 e. The standard InChI is InChI=1S/C15H21N3/c1-3-15(2,12-16)11-13-9-10-18(17-13)14-7-5-4-6-8-14/h4-10H,3,11-12,16H2,1-2H3. The number of hydrogen-bond acceptors (Lipinski definition) is 2. The Hall–Kier alpha value is -1.61. The lowest BCUT2D eigenvalue weighted by Crippen LogP contribution is -2.29. The molecule has 2 rings (SSSR count). The van der Waals surface area contributed by atoms with Crippen LogP contribution in [0.1, 0.15) is 26.0 Å². The summed E-state index contributed by atoms with van der Waals surface area (Å²) >= 11 is 0. The maximum Gasteiger partial charge on any atom is 0.0645 e. The summed E-state index contributed by atoms with van der Waals surface area (Å²) in [5, 5.41) is 4.62. The quantitative estimate of drug-likeness (QED) is 0.877. The van der Waals surface area contributed by atoms with Crippen molar-refractivity contribution in [2.45, 2.75) is 26.7 Å². The lowest BCUT2D eigenvalue weighted by molar-refractivity contribution is 0.317. The highest BCUT2D eigenvalue weighted by Crippen LogP contribution is 2.24. The first-order chi connectivity index (χ1) is 8.67. The van der Waals surface area contributed by atoms with Gasteiger partial charge in [0.25, 0.3) is 0 Å². The number of aromatic nitrogens is 2. The van der Waals surface area contributed by atoms with Gasteiger partial charge in [-0.05, 0) is 43.0 Å². The number of rotatable bonds is 5. The Morgan fingerprint density at radius 1 is 1.22 bits per heavy atom. The number of nitrogens with two attached hydrogens (primary N) is 1. The molecule has 0 aliphatic heterocycles. The molecule has 0 spiro atoms. The lowest BCUT2D eigenvalue weighted by atomic mass is 9.83. The van der Waals surface area contributed by atoms with Crippen molar-refractivity contribution < 1.29 is 0 Å². The summed E-state index contributed by atoms with van der Waals surface area (Å²) in [7, 11) is 0. The number of para-hydroxylation sites is 1. The molecule has 0 saturated heterocycles. The van der Waals surface area contributed by atoms with Crippen molar-refractivity contribution in [2.24, 2.45) is 11.1 Å². The molecule has 1 aromatic carbocycles. The second-order valence-corrected chi connectivity index (χ2v) is 5.13. The molecule has 0 aliphatic rings. The number of hydrogen-bond donors (Lipinski definition) is 1.